The van der Waals surface area contributed by atoms with Crippen LogP contribution >= 0.6 is 0 Å². The fraction of sp³-hybridized carbons (Fsp3) is 0.0303. The van der Waals surface area contributed by atoms with Crippen LogP contribution in [-0.2, 0) is 5.60 Å². The molecular weight excluding hydrogens is 456 g/mol. The molecule has 0 spiro atoms. The summed E-state index contributed by atoms with van der Waals surface area (Å²) < 4.78 is 6.95. The van der Waals surface area contributed by atoms with Crippen LogP contribution in [-0.4, -0.2) is 9.97 Å². The van der Waals surface area contributed by atoms with Crippen molar-refractivity contribution in [1.82, 2.24) is 9.97 Å². The molecule has 1 heterocycles. The number of H-pyrrole nitrogens is 1. The molecule has 178 valence electrons. The zero-order valence-corrected chi connectivity index (χ0v) is 20.0. The van der Waals surface area contributed by atoms with Crippen LogP contribution in [0.15, 0.2) is 144 Å². The highest BCUT2D eigenvalue weighted by molar-refractivity contribution is 5.79. The predicted molar refractivity (Wildman–Crippen MR) is 148 cm³/mol. The van der Waals surface area contributed by atoms with Crippen molar-refractivity contribution in [1.29, 1.82) is 0 Å². The van der Waals surface area contributed by atoms with E-state index in [2.05, 4.69) is 46.4 Å². The molecule has 0 saturated heterocycles. The molecule has 5 aromatic carbocycles. The Bertz CT molecular complexity index is 1600. The van der Waals surface area contributed by atoms with Crippen LogP contribution in [0.5, 0.6) is 5.75 Å². The van der Waals surface area contributed by atoms with Gasteiger partial charge >= 0.3 is 0 Å². The second kappa shape index (κ2) is 9.59. The van der Waals surface area contributed by atoms with Crippen LogP contribution in [0.2, 0.25) is 0 Å². The topological polar surface area (TPSA) is 55.0 Å². The summed E-state index contributed by atoms with van der Waals surface area (Å²) in [6.07, 6.45) is 0. The number of aromatic amines is 1. The second-order valence-electron chi connectivity index (χ2n) is 8.84. The van der Waals surface area contributed by atoms with Gasteiger partial charge in [0.1, 0.15) is 11.6 Å². The van der Waals surface area contributed by atoms with Crippen molar-refractivity contribution in [2.45, 2.75) is 5.60 Å². The van der Waals surface area contributed by atoms with E-state index in [1.165, 1.54) is 0 Å². The normalized spacial score (nSPS) is 11.4. The lowest BCUT2D eigenvalue weighted by atomic mass is 9.80. The van der Waals surface area contributed by atoms with Gasteiger partial charge in [0, 0.05) is 22.3 Å². The first-order chi connectivity index (χ1) is 18.2. The number of para-hydroxylation sites is 1. The number of nitrogens with zero attached hydrogens (tertiary/aromatic N) is 1. The summed E-state index contributed by atoms with van der Waals surface area (Å²) in [6.45, 7) is 0. The van der Waals surface area contributed by atoms with E-state index >= 15 is 0 Å². The number of nitrogens with one attached hydrogen (secondary N) is 1. The minimum Gasteiger partial charge on any atom is -0.473 e. The van der Waals surface area contributed by atoms with Crippen molar-refractivity contribution in [3.63, 3.8) is 0 Å². The van der Waals surface area contributed by atoms with Crippen LogP contribution in [0.1, 0.15) is 16.7 Å². The van der Waals surface area contributed by atoms with Gasteiger partial charge in [0.2, 0.25) is 0 Å². The average molecular weight is 481 g/mol. The summed E-state index contributed by atoms with van der Waals surface area (Å²) in [6, 6.07) is 45.8. The highest BCUT2D eigenvalue weighted by Gasteiger charge is 2.38. The number of hydrogen-bond acceptors (Lipinski definition) is 3. The van der Waals surface area contributed by atoms with Gasteiger partial charge in [-0.2, -0.15) is 0 Å². The number of rotatable bonds is 6. The van der Waals surface area contributed by atoms with Crippen molar-refractivity contribution in [2.75, 3.05) is 0 Å². The Labute approximate surface area is 214 Å². The Morgan fingerprint density at radius 3 is 1.59 bits per heavy atom. The molecule has 0 radical (unpaired) electrons. The molecule has 0 unspecified atom stereocenters. The fourth-order valence-corrected chi connectivity index (χ4v) is 4.78. The summed E-state index contributed by atoms with van der Waals surface area (Å²) in [4.78, 5) is 20.1. The summed E-state index contributed by atoms with van der Waals surface area (Å²) in [5.74, 6) is 1.22. The average Bonchev–Trinajstić information content (AvgIpc) is 2.98. The molecule has 6 aromatic rings. The molecule has 0 fully saturated rings. The zero-order valence-electron chi connectivity index (χ0n) is 20.0. The third-order valence-electron chi connectivity index (χ3n) is 6.55. The highest BCUT2D eigenvalue weighted by Crippen LogP contribution is 2.41. The molecule has 0 aliphatic rings. The lowest BCUT2D eigenvalue weighted by molar-refractivity contribution is 0.155. The van der Waals surface area contributed by atoms with Gasteiger partial charge in [-0.05, 0) is 36.4 Å². The Morgan fingerprint density at radius 1 is 0.568 bits per heavy atom. The maximum Gasteiger partial charge on any atom is 0.259 e. The van der Waals surface area contributed by atoms with Gasteiger partial charge < -0.3 is 9.72 Å². The molecular formula is C33H24N2O2. The van der Waals surface area contributed by atoms with E-state index in [0.29, 0.717) is 22.5 Å². The van der Waals surface area contributed by atoms with Crippen molar-refractivity contribution in [3.8, 4) is 17.1 Å². The molecule has 0 bridgehead atoms. The van der Waals surface area contributed by atoms with E-state index in [-0.39, 0.29) is 5.56 Å². The molecule has 37 heavy (non-hydrogen) atoms. The summed E-state index contributed by atoms with van der Waals surface area (Å²) in [7, 11) is 0. The van der Waals surface area contributed by atoms with Crippen LogP contribution in [0.25, 0.3) is 22.3 Å². The molecule has 1 aromatic heterocycles. The Hall–Kier alpha value is -4.96. The largest absolute Gasteiger partial charge is 0.473 e. The summed E-state index contributed by atoms with van der Waals surface area (Å²) in [5.41, 5.74) is 3.53. The first kappa shape index (κ1) is 22.5. The summed E-state index contributed by atoms with van der Waals surface area (Å²) >= 11 is 0. The highest BCUT2D eigenvalue weighted by atomic mass is 16.5. The van der Waals surface area contributed by atoms with E-state index in [4.69, 9.17) is 4.74 Å². The molecule has 0 aliphatic carbocycles. The first-order valence-electron chi connectivity index (χ1n) is 12.2. The first-order valence-corrected chi connectivity index (χ1v) is 12.2. The third kappa shape index (κ3) is 4.19. The monoisotopic (exact) mass is 480 g/mol. The Balaban J connectivity index is 1.46. The van der Waals surface area contributed by atoms with Crippen LogP contribution in [0.4, 0.5) is 0 Å². The van der Waals surface area contributed by atoms with Crippen molar-refractivity contribution in [2.24, 2.45) is 0 Å². The van der Waals surface area contributed by atoms with Crippen LogP contribution in [0, 0.1) is 0 Å². The van der Waals surface area contributed by atoms with Gasteiger partial charge in [0.25, 0.3) is 5.56 Å². The minimum atomic E-state index is -0.860. The third-order valence-corrected chi connectivity index (χ3v) is 6.55. The van der Waals surface area contributed by atoms with Gasteiger partial charge in [0.05, 0.1) is 10.9 Å². The van der Waals surface area contributed by atoms with E-state index < -0.39 is 5.60 Å². The van der Waals surface area contributed by atoms with Crippen molar-refractivity contribution in [3.05, 3.63) is 167 Å². The maximum absolute atomic E-state index is 12.6. The second-order valence-corrected chi connectivity index (χ2v) is 8.84. The number of ether oxygens (including phenoxy) is 1. The quantitative estimate of drug-likeness (QED) is 0.262. The molecule has 0 amide bonds. The lowest BCUT2D eigenvalue weighted by Gasteiger charge is -2.36. The molecule has 0 saturated carbocycles. The molecule has 0 aliphatic heterocycles. The van der Waals surface area contributed by atoms with Gasteiger partial charge in [-0.1, -0.05) is 103 Å². The lowest BCUT2D eigenvalue weighted by Crippen LogP contribution is -2.36. The van der Waals surface area contributed by atoms with Crippen molar-refractivity contribution >= 4 is 10.9 Å². The smallest absolute Gasteiger partial charge is 0.259 e. The van der Waals surface area contributed by atoms with Gasteiger partial charge in [-0.25, -0.2) is 4.98 Å². The van der Waals surface area contributed by atoms with Gasteiger partial charge in [-0.15, -0.1) is 0 Å². The number of benzene rings is 5. The Morgan fingerprint density at radius 2 is 1.05 bits per heavy atom. The molecule has 1 N–H and O–H groups in total. The zero-order chi connectivity index (χ0) is 25.1. The predicted octanol–water partition coefficient (Wildman–Crippen LogP) is 6.96. The van der Waals surface area contributed by atoms with E-state index in [0.717, 1.165) is 22.3 Å². The fourth-order valence-electron chi connectivity index (χ4n) is 4.78. The number of hydrogen-bond donors (Lipinski definition) is 1. The molecule has 4 nitrogen and oxygen atoms in total. The minimum absolute atomic E-state index is 0.155. The van der Waals surface area contributed by atoms with Crippen molar-refractivity contribution < 1.29 is 4.74 Å². The molecule has 4 heteroatoms. The number of aromatic nitrogens is 2. The molecule has 0 atom stereocenters. The number of fused-ring (bicyclic) bond motifs is 1. The standard InChI is InChI=1S/C33H24N2O2/c36-32-29-18-10-11-19-30(29)34-31(35-32)24-20-22-28(23-21-24)37-33(25-12-4-1-5-13-25,26-14-6-2-7-15-26)27-16-8-3-9-17-27/h1-23H,(H,34,35,36). The van der Waals surface area contributed by atoms with Crippen LogP contribution in [0.3, 0.4) is 0 Å². The van der Waals surface area contributed by atoms with E-state index in [1.807, 2.05) is 97.1 Å². The van der Waals surface area contributed by atoms with E-state index in [1.54, 1.807) is 6.07 Å². The van der Waals surface area contributed by atoms with Crippen LogP contribution < -0.4 is 10.3 Å². The Kier molecular flexibility index (Phi) is 5.83. The SMILES string of the molecule is O=c1[nH]c(-c2ccc(OC(c3ccccc3)(c3ccccc3)c3ccccc3)cc2)nc2ccccc12. The van der Waals surface area contributed by atoms with Gasteiger partial charge in [-0.3, -0.25) is 4.79 Å². The summed E-state index contributed by atoms with van der Waals surface area (Å²) in [5, 5.41) is 0.574. The van der Waals surface area contributed by atoms with E-state index in [9.17, 15) is 4.79 Å². The maximum atomic E-state index is 12.6. The van der Waals surface area contributed by atoms with Gasteiger partial charge in [0.15, 0.2) is 5.60 Å². The molecule has 6 rings (SSSR count).